The van der Waals surface area contributed by atoms with Gasteiger partial charge in [0.25, 0.3) is 0 Å². The number of benzene rings is 2. The van der Waals surface area contributed by atoms with Gasteiger partial charge in [-0.3, -0.25) is 9.59 Å². The van der Waals surface area contributed by atoms with Gasteiger partial charge in [-0.25, -0.2) is 0 Å². The summed E-state index contributed by atoms with van der Waals surface area (Å²) < 4.78 is 0.974. The number of hydrogen-bond acceptors (Lipinski definition) is 3. The molecular formula is C19H22BrN3O2. The molecule has 0 heterocycles. The summed E-state index contributed by atoms with van der Waals surface area (Å²) in [5, 5.41) is 5.93. The standard InChI is InChI=1S/C19H22BrN3O2/c1-13-4-8-17(9-5-13)22-18(24)12-23(3)19(25)14(2)21-16-10-6-15(20)7-11-16/h4-11,14,21H,12H2,1-3H3,(H,22,24). The van der Waals surface area contributed by atoms with E-state index in [0.29, 0.717) is 0 Å². The maximum Gasteiger partial charge on any atom is 0.244 e. The lowest BCUT2D eigenvalue weighted by atomic mass is 10.2. The molecule has 0 spiro atoms. The van der Waals surface area contributed by atoms with E-state index in [0.717, 1.165) is 21.4 Å². The molecule has 2 rings (SSSR count). The van der Waals surface area contributed by atoms with Gasteiger partial charge in [0.05, 0.1) is 6.54 Å². The number of likely N-dealkylation sites (N-methyl/N-ethyl adjacent to an activating group) is 1. The number of anilines is 2. The summed E-state index contributed by atoms with van der Waals surface area (Å²) in [5.41, 5.74) is 2.69. The van der Waals surface area contributed by atoms with Crippen molar-refractivity contribution >= 4 is 39.1 Å². The van der Waals surface area contributed by atoms with E-state index in [2.05, 4.69) is 26.6 Å². The fraction of sp³-hybridized carbons (Fsp3) is 0.263. The van der Waals surface area contributed by atoms with Gasteiger partial charge < -0.3 is 15.5 Å². The SMILES string of the molecule is Cc1ccc(NC(=O)CN(C)C(=O)C(C)Nc2ccc(Br)cc2)cc1. The van der Waals surface area contributed by atoms with E-state index >= 15 is 0 Å². The van der Waals surface area contributed by atoms with Gasteiger partial charge >= 0.3 is 0 Å². The number of aryl methyl sites for hydroxylation is 1. The molecule has 2 aromatic rings. The third-order valence-electron chi connectivity index (χ3n) is 3.69. The van der Waals surface area contributed by atoms with E-state index in [9.17, 15) is 9.59 Å². The summed E-state index contributed by atoms with van der Waals surface area (Å²) in [6.07, 6.45) is 0. The molecule has 0 aromatic heterocycles. The monoisotopic (exact) mass is 403 g/mol. The lowest BCUT2D eigenvalue weighted by Crippen LogP contribution is -2.42. The summed E-state index contributed by atoms with van der Waals surface area (Å²) in [4.78, 5) is 25.9. The highest BCUT2D eigenvalue weighted by Gasteiger charge is 2.19. The zero-order valence-corrected chi connectivity index (χ0v) is 16.1. The van der Waals surface area contributed by atoms with Crippen LogP contribution in [0.4, 0.5) is 11.4 Å². The number of carbonyl (C=O) groups excluding carboxylic acids is 2. The normalized spacial score (nSPS) is 11.5. The van der Waals surface area contributed by atoms with Crippen molar-refractivity contribution in [2.24, 2.45) is 0 Å². The number of hydrogen-bond donors (Lipinski definition) is 2. The first-order chi connectivity index (χ1) is 11.8. The van der Waals surface area contributed by atoms with Crippen LogP contribution in [0.1, 0.15) is 12.5 Å². The van der Waals surface area contributed by atoms with Gasteiger partial charge in [0.15, 0.2) is 0 Å². The predicted octanol–water partition coefficient (Wildman–Crippen LogP) is 3.66. The summed E-state index contributed by atoms with van der Waals surface area (Å²) >= 11 is 3.37. The molecule has 0 saturated carbocycles. The first-order valence-electron chi connectivity index (χ1n) is 7.99. The summed E-state index contributed by atoms with van der Waals surface area (Å²) in [6.45, 7) is 3.76. The van der Waals surface area contributed by atoms with E-state index < -0.39 is 6.04 Å². The van der Waals surface area contributed by atoms with Crippen LogP contribution in [0.15, 0.2) is 53.0 Å². The van der Waals surface area contributed by atoms with Gasteiger partial charge in [0.1, 0.15) is 6.04 Å². The number of nitrogens with zero attached hydrogens (tertiary/aromatic N) is 1. The van der Waals surface area contributed by atoms with Crippen LogP contribution >= 0.6 is 15.9 Å². The average Bonchev–Trinajstić information content (AvgIpc) is 2.58. The highest BCUT2D eigenvalue weighted by molar-refractivity contribution is 9.10. The van der Waals surface area contributed by atoms with E-state index in [1.165, 1.54) is 4.90 Å². The maximum atomic E-state index is 12.4. The smallest absolute Gasteiger partial charge is 0.244 e. The Hall–Kier alpha value is -2.34. The van der Waals surface area contributed by atoms with Gasteiger partial charge in [-0.1, -0.05) is 33.6 Å². The zero-order chi connectivity index (χ0) is 18.4. The van der Waals surface area contributed by atoms with Crippen LogP contribution in [-0.2, 0) is 9.59 Å². The highest BCUT2D eigenvalue weighted by Crippen LogP contribution is 2.15. The number of amides is 2. The second kappa shape index (κ2) is 8.67. The van der Waals surface area contributed by atoms with Crippen LogP contribution in [0.2, 0.25) is 0 Å². The van der Waals surface area contributed by atoms with Gasteiger partial charge in [-0.05, 0) is 50.2 Å². The van der Waals surface area contributed by atoms with Crippen molar-refractivity contribution in [3.05, 3.63) is 58.6 Å². The fourth-order valence-electron chi connectivity index (χ4n) is 2.32. The van der Waals surface area contributed by atoms with Crippen LogP contribution in [0.5, 0.6) is 0 Å². The molecule has 2 aromatic carbocycles. The minimum Gasteiger partial charge on any atom is -0.374 e. The minimum atomic E-state index is -0.432. The van der Waals surface area contributed by atoms with Crippen LogP contribution in [0, 0.1) is 6.92 Å². The summed E-state index contributed by atoms with van der Waals surface area (Å²) in [5.74, 6) is -0.377. The molecule has 1 unspecified atom stereocenters. The molecule has 0 bridgehead atoms. The Morgan fingerprint density at radius 2 is 1.60 bits per heavy atom. The molecule has 0 aliphatic rings. The molecule has 25 heavy (non-hydrogen) atoms. The van der Waals surface area contributed by atoms with Crippen molar-refractivity contribution in [2.45, 2.75) is 19.9 Å². The minimum absolute atomic E-state index is 0.000925. The number of rotatable bonds is 6. The Morgan fingerprint density at radius 1 is 1.04 bits per heavy atom. The molecule has 6 heteroatoms. The highest BCUT2D eigenvalue weighted by atomic mass is 79.9. The average molecular weight is 404 g/mol. The molecule has 0 aliphatic carbocycles. The third-order valence-corrected chi connectivity index (χ3v) is 4.22. The van der Waals surface area contributed by atoms with Crippen molar-refractivity contribution in [3.63, 3.8) is 0 Å². The second-order valence-electron chi connectivity index (χ2n) is 5.98. The van der Waals surface area contributed by atoms with Gasteiger partial charge in [-0.2, -0.15) is 0 Å². The van der Waals surface area contributed by atoms with Crippen molar-refractivity contribution < 1.29 is 9.59 Å². The zero-order valence-electron chi connectivity index (χ0n) is 14.5. The van der Waals surface area contributed by atoms with Crippen LogP contribution in [0.3, 0.4) is 0 Å². The molecule has 5 nitrogen and oxygen atoms in total. The molecular weight excluding hydrogens is 382 g/mol. The first kappa shape index (κ1) is 19.0. The summed E-state index contributed by atoms with van der Waals surface area (Å²) in [6, 6.07) is 14.7. The van der Waals surface area contributed by atoms with Crippen LogP contribution < -0.4 is 10.6 Å². The Labute approximate surface area is 156 Å². The Kier molecular flexibility index (Phi) is 6.58. The Morgan fingerprint density at radius 3 is 2.20 bits per heavy atom. The van der Waals surface area contributed by atoms with Crippen LogP contribution in [-0.4, -0.2) is 36.3 Å². The van der Waals surface area contributed by atoms with E-state index in [1.54, 1.807) is 14.0 Å². The molecule has 0 fully saturated rings. The Bertz CT molecular complexity index is 729. The van der Waals surface area contributed by atoms with Crippen molar-refractivity contribution in [1.29, 1.82) is 0 Å². The topological polar surface area (TPSA) is 61.4 Å². The largest absolute Gasteiger partial charge is 0.374 e. The second-order valence-corrected chi connectivity index (χ2v) is 6.90. The van der Waals surface area contributed by atoms with Crippen molar-refractivity contribution in [3.8, 4) is 0 Å². The quantitative estimate of drug-likeness (QED) is 0.773. The van der Waals surface area contributed by atoms with Gasteiger partial charge in [-0.15, -0.1) is 0 Å². The lowest BCUT2D eigenvalue weighted by molar-refractivity contribution is -0.133. The van der Waals surface area contributed by atoms with Crippen LogP contribution in [0.25, 0.3) is 0 Å². The Balaban J connectivity index is 1.86. The summed E-state index contributed by atoms with van der Waals surface area (Å²) in [7, 11) is 1.62. The molecule has 2 N–H and O–H groups in total. The number of carbonyl (C=O) groups is 2. The number of nitrogens with one attached hydrogen (secondary N) is 2. The molecule has 2 amide bonds. The van der Waals surface area contributed by atoms with Gasteiger partial charge in [0, 0.05) is 22.9 Å². The molecule has 0 aliphatic heterocycles. The van der Waals surface area contributed by atoms with E-state index in [-0.39, 0.29) is 18.4 Å². The third kappa shape index (κ3) is 5.90. The van der Waals surface area contributed by atoms with Crippen molar-refractivity contribution in [2.75, 3.05) is 24.2 Å². The first-order valence-corrected chi connectivity index (χ1v) is 8.78. The molecule has 1 atom stereocenters. The lowest BCUT2D eigenvalue weighted by Gasteiger charge is -2.22. The predicted molar refractivity (Wildman–Crippen MR) is 105 cm³/mol. The molecule has 0 radical (unpaired) electrons. The number of halogens is 1. The van der Waals surface area contributed by atoms with E-state index in [4.69, 9.17) is 0 Å². The van der Waals surface area contributed by atoms with Gasteiger partial charge in [0.2, 0.25) is 11.8 Å². The fourth-order valence-corrected chi connectivity index (χ4v) is 2.58. The molecule has 132 valence electrons. The van der Waals surface area contributed by atoms with Crippen molar-refractivity contribution in [1.82, 2.24) is 4.90 Å². The maximum absolute atomic E-state index is 12.4. The van der Waals surface area contributed by atoms with E-state index in [1.807, 2.05) is 55.5 Å². The molecule has 0 saturated heterocycles.